The average Bonchev–Trinajstić information content (AvgIpc) is 2.60. The number of amides is 1. The van der Waals surface area contributed by atoms with E-state index in [0.717, 1.165) is 6.42 Å². The zero-order chi connectivity index (χ0) is 18.2. The highest BCUT2D eigenvalue weighted by Gasteiger charge is 2.17. The normalized spacial score (nSPS) is 11.5. The van der Waals surface area contributed by atoms with Crippen LogP contribution in [-0.4, -0.2) is 24.9 Å². The lowest BCUT2D eigenvalue weighted by Gasteiger charge is -2.17. The fourth-order valence-corrected chi connectivity index (χ4v) is 2.27. The summed E-state index contributed by atoms with van der Waals surface area (Å²) in [5.41, 5.74) is 0.926. The van der Waals surface area contributed by atoms with Crippen molar-refractivity contribution in [3.63, 3.8) is 0 Å². The van der Waals surface area contributed by atoms with Crippen LogP contribution in [0, 0.1) is 0 Å². The molecule has 0 aliphatic rings. The first kappa shape index (κ1) is 18.8. The smallest absolute Gasteiger partial charge is 0.265 e. The molecule has 0 heterocycles. The molecular weight excluding hydrogens is 342 g/mol. The number of benzene rings is 2. The number of halogens is 1. The van der Waals surface area contributed by atoms with Crippen LogP contribution in [0.25, 0.3) is 0 Å². The Kier molecular flexibility index (Phi) is 6.83. The molecule has 2 aromatic carbocycles. The van der Waals surface area contributed by atoms with Crippen molar-refractivity contribution in [1.29, 1.82) is 0 Å². The quantitative estimate of drug-likeness (QED) is 0.710. The van der Waals surface area contributed by atoms with Gasteiger partial charge in [0.25, 0.3) is 5.91 Å². The van der Waals surface area contributed by atoms with Gasteiger partial charge in [0, 0.05) is 16.8 Å². The van der Waals surface area contributed by atoms with E-state index in [1.165, 1.54) is 0 Å². The molecule has 6 heteroatoms. The Balaban J connectivity index is 2.08. The molecule has 1 atom stereocenters. The minimum atomic E-state index is -0.806. The monoisotopic (exact) mass is 361 g/mol. The van der Waals surface area contributed by atoms with E-state index in [-0.39, 0.29) is 5.91 Å². The molecule has 0 saturated heterocycles. The molecule has 1 N–H and O–H groups in total. The SMILES string of the molecule is CCCOc1ccc(C=O)c(O[C@@H](C)C(=O)Nc2cccc(Cl)c2)c1. The maximum Gasteiger partial charge on any atom is 0.265 e. The van der Waals surface area contributed by atoms with Crippen molar-refractivity contribution >= 4 is 29.5 Å². The Morgan fingerprint density at radius 1 is 1.28 bits per heavy atom. The van der Waals surface area contributed by atoms with Gasteiger partial charge in [0.15, 0.2) is 12.4 Å². The summed E-state index contributed by atoms with van der Waals surface area (Å²) < 4.78 is 11.2. The summed E-state index contributed by atoms with van der Waals surface area (Å²) in [5.74, 6) is 0.543. The summed E-state index contributed by atoms with van der Waals surface area (Å²) in [7, 11) is 0. The minimum Gasteiger partial charge on any atom is -0.493 e. The number of ether oxygens (including phenoxy) is 2. The second-order valence-corrected chi connectivity index (χ2v) is 5.86. The maximum atomic E-state index is 12.3. The molecule has 1 amide bonds. The molecule has 0 aliphatic heterocycles. The van der Waals surface area contributed by atoms with E-state index in [0.29, 0.717) is 40.7 Å². The zero-order valence-electron chi connectivity index (χ0n) is 14.1. The maximum absolute atomic E-state index is 12.3. The Hall–Kier alpha value is -2.53. The van der Waals surface area contributed by atoms with E-state index in [4.69, 9.17) is 21.1 Å². The molecule has 0 spiro atoms. The second kappa shape index (κ2) is 9.08. The number of hydrogen-bond acceptors (Lipinski definition) is 4. The lowest BCUT2D eigenvalue weighted by Crippen LogP contribution is -2.30. The van der Waals surface area contributed by atoms with Gasteiger partial charge in [-0.3, -0.25) is 9.59 Å². The summed E-state index contributed by atoms with van der Waals surface area (Å²) in [6.45, 7) is 4.16. The summed E-state index contributed by atoms with van der Waals surface area (Å²) in [4.78, 5) is 23.5. The van der Waals surface area contributed by atoms with Crippen molar-refractivity contribution in [2.45, 2.75) is 26.4 Å². The van der Waals surface area contributed by atoms with Crippen LogP contribution < -0.4 is 14.8 Å². The Morgan fingerprint density at radius 2 is 2.08 bits per heavy atom. The van der Waals surface area contributed by atoms with Gasteiger partial charge in [-0.05, 0) is 43.7 Å². The van der Waals surface area contributed by atoms with Crippen LogP contribution in [0.5, 0.6) is 11.5 Å². The van der Waals surface area contributed by atoms with E-state index in [2.05, 4.69) is 5.32 Å². The molecule has 0 aliphatic carbocycles. The van der Waals surface area contributed by atoms with Crippen molar-refractivity contribution in [2.75, 3.05) is 11.9 Å². The van der Waals surface area contributed by atoms with Crippen LogP contribution in [0.3, 0.4) is 0 Å². The van der Waals surface area contributed by atoms with Gasteiger partial charge in [0.1, 0.15) is 11.5 Å². The number of carbonyl (C=O) groups excluding carboxylic acids is 2. The van der Waals surface area contributed by atoms with Crippen molar-refractivity contribution in [3.05, 3.63) is 53.1 Å². The van der Waals surface area contributed by atoms with E-state index < -0.39 is 6.10 Å². The lowest BCUT2D eigenvalue weighted by molar-refractivity contribution is -0.122. The molecule has 25 heavy (non-hydrogen) atoms. The predicted octanol–water partition coefficient (Wildman–Crippen LogP) is 4.35. The third-order valence-electron chi connectivity index (χ3n) is 3.35. The van der Waals surface area contributed by atoms with Crippen LogP contribution in [0.2, 0.25) is 5.02 Å². The van der Waals surface area contributed by atoms with Gasteiger partial charge in [-0.1, -0.05) is 24.6 Å². The van der Waals surface area contributed by atoms with Crippen LogP contribution in [0.15, 0.2) is 42.5 Å². The van der Waals surface area contributed by atoms with Gasteiger partial charge in [0.05, 0.1) is 12.2 Å². The first-order chi connectivity index (χ1) is 12.0. The second-order valence-electron chi connectivity index (χ2n) is 5.43. The summed E-state index contributed by atoms with van der Waals surface area (Å²) >= 11 is 5.90. The fourth-order valence-electron chi connectivity index (χ4n) is 2.08. The van der Waals surface area contributed by atoms with Crippen molar-refractivity contribution in [1.82, 2.24) is 0 Å². The van der Waals surface area contributed by atoms with Crippen LogP contribution in [0.4, 0.5) is 5.69 Å². The average molecular weight is 362 g/mol. The molecule has 132 valence electrons. The fraction of sp³-hybridized carbons (Fsp3) is 0.263. The number of carbonyl (C=O) groups is 2. The Labute approximate surface area is 151 Å². The molecule has 2 rings (SSSR count). The number of nitrogens with one attached hydrogen (secondary N) is 1. The third-order valence-corrected chi connectivity index (χ3v) is 3.59. The van der Waals surface area contributed by atoms with Gasteiger partial charge in [-0.15, -0.1) is 0 Å². The molecule has 0 bridgehead atoms. The number of aldehydes is 1. The molecule has 0 unspecified atom stereocenters. The molecule has 0 fully saturated rings. The predicted molar refractivity (Wildman–Crippen MR) is 97.8 cm³/mol. The molecule has 2 aromatic rings. The van der Waals surface area contributed by atoms with E-state index in [1.54, 1.807) is 49.4 Å². The highest BCUT2D eigenvalue weighted by Crippen LogP contribution is 2.25. The highest BCUT2D eigenvalue weighted by atomic mass is 35.5. The van der Waals surface area contributed by atoms with Crippen molar-refractivity contribution < 1.29 is 19.1 Å². The van der Waals surface area contributed by atoms with Gasteiger partial charge in [0.2, 0.25) is 0 Å². The summed E-state index contributed by atoms with van der Waals surface area (Å²) in [6.07, 6.45) is 0.740. The third kappa shape index (κ3) is 5.50. The Bertz CT molecular complexity index is 748. The molecular formula is C19H20ClNO4. The Morgan fingerprint density at radius 3 is 2.76 bits per heavy atom. The molecule has 5 nitrogen and oxygen atoms in total. The summed E-state index contributed by atoms with van der Waals surface area (Å²) in [6, 6.07) is 11.7. The highest BCUT2D eigenvalue weighted by molar-refractivity contribution is 6.30. The number of hydrogen-bond donors (Lipinski definition) is 1. The zero-order valence-corrected chi connectivity index (χ0v) is 14.9. The number of rotatable bonds is 8. The van der Waals surface area contributed by atoms with Gasteiger partial charge >= 0.3 is 0 Å². The minimum absolute atomic E-state index is 0.303. The van der Waals surface area contributed by atoms with Crippen molar-refractivity contribution in [2.24, 2.45) is 0 Å². The largest absolute Gasteiger partial charge is 0.493 e. The van der Waals surface area contributed by atoms with Crippen LogP contribution in [-0.2, 0) is 4.79 Å². The number of anilines is 1. The van der Waals surface area contributed by atoms with Crippen LogP contribution in [0.1, 0.15) is 30.6 Å². The molecule has 0 aromatic heterocycles. The van der Waals surface area contributed by atoms with E-state index in [9.17, 15) is 9.59 Å². The van der Waals surface area contributed by atoms with Gasteiger partial charge < -0.3 is 14.8 Å². The van der Waals surface area contributed by atoms with Gasteiger partial charge in [-0.25, -0.2) is 0 Å². The standard InChI is InChI=1S/C19H20ClNO4/c1-3-9-24-17-8-7-14(12-22)18(11-17)25-13(2)19(23)21-16-6-4-5-15(20)10-16/h4-8,10-13H,3,9H2,1-2H3,(H,21,23)/t13-/m0/s1. The molecule has 0 saturated carbocycles. The first-order valence-corrected chi connectivity index (χ1v) is 8.36. The van der Waals surface area contributed by atoms with E-state index >= 15 is 0 Å². The lowest BCUT2D eigenvalue weighted by atomic mass is 10.2. The molecule has 0 radical (unpaired) electrons. The van der Waals surface area contributed by atoms with E-state index in [1.807, 2.05) is 6.92 Å². The first-order valence-electron chi connectivity index (χ1n) is 7.98. The van der Waals surface area contributed by atoms with Crippen molar-refractivity contribution in [3.8, 4) is 11.5 Å². The summed E-state index contributed by atoms with van der Waals surface area (Å²) in [5, 5.41) is 3.24. The van der Waals surface area contributed by atoms with Gasteiger partial charge in [-0.2, -0.15) is 0 Å². The topological polar surface area (TPSA) is 64.6 Å². The van der Waals surface area contributed by atoms with Crippen LogP contribution >= 0.6 is 11.6 Å².